The maximum absolute atomic E-state index is 5.28. The fraction of sp³-hybridized carbons (Fsp3) is 0.556. The van der Waals surface area contributed by atoms with Gasteiger partial charge in [-0.15, -0.1) is 0 Å². The molecule has 5 heterocycles. The number of fused-ring (bicyclic) bond motifs is 8. The van der Waals surface area contributed by atoms with Gasteiger partial charge >= 0.3 is 0 Å². The van der Waals surface area contributed by atoms with Crippen molar-refractivity contribution >= 4 is 67.6 Å². The molecule has 3 aromatic heterocycles. The van der Waals surface area contributed by atoms with Crippen LogP contribution in [0.4, 0.5) is 22.7 Å². The Morgan fingerprint density at radius 1 is 0.354 bits per heavy atom. The number of anilines is 4. The Morgan fingerprint density at radius 2 is 0.562 bits per heavy atom. The highest BCUT2D eigenvalue weighted by atomic mass is 15.2. The molecule has 0 saturated heterocycles. The molecule has 0 atom stereocenters. The van der Waals surface area contributed by atoms with Crippen molar-refractivity contribution in [1.82, 2.24) is 39.9 Å². The molecule has 2 N–H and O–H groups in total. The first kappa shape index (κ1) is 34.8. The lowest BCUT2D eigenvalue weighted by atomic mass is 10.0. The second kappa shape index (κ2) is 14.3. The normalized spacial score (nSPS) is 13.1. The zero-order valence-corrected chi connectivity index (χ0v) is 31.1. The Balaban J connectivity index is 2.08. The molecule has 3 aromatic rings. The second-order valence-electron chi connectivity index (χ2n) is 13.5. The Morgan fingerprint density at radius 3 is 0.729 bits per heavy atom. The van der Waals surface area contributed by atoms with Crippen LogP contribution in [-0.4, -0.2) is 96.3 Å². The van der Waals surface area contributed by atoms with E-state index in [0.717, 1.165) is 96.4 Å². The molecule has 12 heteroatoms. The summed E-state index contributed by atoms with van der Waals surface area (Å²) in [4.78, 5) is 47.1. The molecule has 5 rings (SSSR count). The molecular weight excluding hydrogens is 600 g/mol. The number of aromatic nitrogens is 8. The van der Waals surface area contributed by atoms with Gasteiger partial charge in [-0.05, 0) is 25.7 Å². The van der Waals surface area contributed by atoms with E-state index in [9.17, 15) is 0 Å². The number of allylic oxidation sites excluding steroid dienone is 4. The van der Waals surface area contributed by atoms with Crippen LogP contribution in [0.15, 0.2) is 0 Å². The van der Waals surface area contributed by atoms with Crippen molar-refractivity contribution in [3.8, 4) is 0 Å². The highest BCUT2D eigenvalue weighted by Crippen LogP contribution is 2.41. The van der Waals surface area contributed by atoms with Crippen molar-refractivity contribution in [2.45, 2.75) is 79.1 Å². The van der Waals surface area contributed by atoms with Gasteiger partial charge in [0.05, 0.1) is 0 Å². The number of rotatable bonds is 12. The van der Waals surface area contributed by atoms with Gasteiger partial charge in [0.15, 0.2) is 45.9 Å². The molecule has 8 bridgehead atoms. The summed E-state index contributed by atoms with van der Waals surface area (Å²) in [5, 5.41) is 0. The summed E-state index contributed by atoms with van der Waals surface area (Å²) < 4.78 is 0. The predicted molar refractivity (Wildman–Crippen MR) is 203 cm³/mol. The van der Waals surface area contributed by atoms with Gasteiger partial charge < -0.3 is 29.6 Å². The quantitative estimate of drug-likeness (QED) is 0.208. The van der Waals surface area contributed by atoms with Gasteiger partial charge in [0.25, 0.3) is 0 Å². The average Bonchev–Trinajstić information content (AvgIpc) is 3.73. The third-order valence-electron chi connectivity index (χ3n) is 8.71. The molecular formula is C36H54N12. The Hall–Kier alpha value is -4.48. The van der Waals surface area contributed by atoms with E-state index in [0.29, 0.717) is 45.9 Å². The number of aromatic amines is 2. The minimum absolute atomic E-state index is 0.702. The van der Waals surface area contributed by atoms with Crippen molar-refractivity contribution in [2.75, 3.05) is 76.0 Å². The first-order valence-corrected chi connectivity index (χ1v) is 17.4. The molecule has 0 aromatic carbocycles. The summed E-state index contributed by atoms with van der Waals surface area (Å²) in [6.45, 7) is 8.81. The van der Waals surface area contributed by atoms with Gasteiger partial charge in [-0.1, -0.05) is 53.4 Å². The summed E-state index contributed by atoms with van der Waals surface area (Å²) in [5.74, 6) is 2.81. The SMILES string of the molecule is CCCC1=C(CCC)c2nc1nc1[nH]c(nc3nc(nc4[nH]c(n2)c(N(C)C)c4N(C)C)C(CCC)=C3CCC)c(N(C)C)c1N(C)C. The van der Waals surface area contributed by atoms with Gasteiger partial charge in [0.2, 0.25) is 0 Å². The van der Waals surface area contributed by atoms with E-state index in [4.69, 9.17) is 29.9 Å². The van der Waals surface area contributed by atoms with E-state index < -0.39 is 0 Å². The lowest BCUT2D eigenvalue weighted by Gasteiger charge is -2.18. The highest BCUT2D eigenvalue weighted by molar-refractivity contribution is 5.98. The molecule has 0 aliphatic carbocycles. The maximum atomic E-state index is 5.28. The van der Waals surface area contributed by atoms with Gasteiger partial charge in [-0.25, -0.2) is 29.9 Å². The number of nitrogens with zero attached hydrogens (tertiary/aromatic N) is 10. The van der Waals surface area contributed by atoms with E-state index in [-0.39, 0.29) is 0 Å². The Kier molecular flexibility index (Phi) is 10.4. The molecule has 0 amide bonds. The highest BCUT2D eigenvalue weighted by Gasteiger charge is 2.27. The molecule has 2 aliphatic heterocycles. The van der Waals surface area contributed by atoms with Crippen molar-refractivity contribution in [3.63, 3.8) is 0 Å². The van der Waals surface area contributed by atoms with E-state index >= 15 is 0 Å². The smallest absolute Gasteiger partial charge is 0.160 e. The van der Waals surface area contributed by atoms with Gasteiger partial charge in [-0.3, -0.25) is 0 Å². The van der Waals surface area contributed by atoms with Crippen LogP contribution in [-0.2, 0) is 0 Å². The van der Waals surface area contributed by atoms with Crippen LogP contribution in [0.2, 0.25) is 0 Å². The number of hydrogen-bond acceptors (Lipinski definition) is 10. The van der Waals surface area contributed by atoms with Crippen LogP contribution in [0.25, 0.3) is 44.9 Å². The van der Waals surface area contributed by atoms with Crippen molar-refractivity contribution < 1.29 is 0 Å². The third-order valence-corrected chi connectivity index (χ3v) is 8.71. The fourth-order valence-electron chi connectivity index (χ4n) is 6.78. The van der Waals surface area contributed by atoms with Crippen LogP contribution in [0.1, 0.15) is 102 Å². The molecule has 48 heavy (non-hydrogen) atoms. The number of hydrogen-bond donors (Lipinski definition) is 2. The molecule has 0 spiro atoms. The first-order valence-electron chi connectivity index (χ1n) is 17.4. The summed E-state index contributed by atoms with van der Waals surface area (Å²) in [6, 6.07) is 0. The Labute approximate surface area is 285 Å². The van der Waals surface area contributed by atoms with Gasteiger partial charge in [0, 0.05) is 78.7 Å². The molecule has 0 saturated carbocycles. The molecule has 258 valence electrons. The van der Waals surface area contributed by atoms with Crippen LogP contribution < -0.4 is 19.6 Å². The largest absolute Gasteiger partial charge is 0.373 e. The molecule has 0 radical (unpaired) electrons. The van der Waals surface area contributed by atoms with Crippen molar-refractivity contribution in [2.24, 2.45) is 0 Å². The van der Waals surface area contributed by atoms with Crippen LogP contribution >= 0.6 is 0 Å². The maximum Gasteiger partial charge on any atom is 0.160 e. The minimum atomic E-state index is 0.702. The minimum Gasteiger partial charge on any atom is -0.373 e. The first-order chi connectivity index (χ1) is 22.9. The van der Waals surface area contributed by atoms with Gasteiger partial charge in [-0.2, -0.15) is 0 Å². The van der Waals surface area contributed by atoms with Crippen LogP contribution in [0.3, 0.4) is 0 Å². The predicted octanol–water partition coefficient (Wildman–Crippen LogP) is 7.18. The Bertz CT molecular complexity index is 1630. The average molecular weight is 655 g/mol. The monoisotopic (exact) mass is 654 g/mol. The molecule has 0 unspecified atom stereocenters. The van der Waals surface area contributed by atoms with Gasteiger partial charge in [0.1, 0.15) is 22.7 Å². The van der Waals surface area contributed by atoms with Crippen molar-refractivity contribution in [1.29, 1.82) is 0 Å². The molecule has 0 fully saturated rings. The second-order valence-corrected chi connectivity index (χ2v) is 13.5. The van der Waals surface area contributed by atoms with E-state index in [2.05, 4.69) is 57.3 Å². The zero-order chi connectivity index (χ0) is 34.9. The van der Waals surface area contributed by atoms with Crippen LogP contribution in [0, 0.1) is 0 Å². The standard InChI is InChI=1S/C36H54N12/c1-13-17-21-22(18-14-2)30-37-29(21)39-33-25(45(5)6)26(46(7)8)35(43-33)41-31-23(19-15-3)24(20-16-4)32(38-31)42-36-28(48(11)12)27(47(9)10)34(40-30)44-36/h13-20H2,1-12H3,(H2,37,38,39,40,41,42,43,44). The third kappa shape index (κ3) is 6.36. The number of H-pyrrole nitrogens is 2. The summed E-state index contributed by atoms with van der Waals surface area (Å²) in [7, 11) is 16.4. The summed E-state index contributed by atoms with van der Waals surface area (Å²) in [6.07, 6.45) is 7.35. The summed E-state index contributed by atoms with van der Waals surface area (Å²) >= 11 is 0. The molecule has 2 aliphatic rings. The topological polar surface area (TPSA) is 122 Å². The van der Waals surface area contributed by atoms with E-state index in [1.54, 1.807) is 0 Å². The van der Waals surface area contributed by atoms with Crippen LogP contribution in [0.5, 0.6) is 0 Å². The van der Waals surface area contributed by atoms with E-state index in [1.807, 2.05) is 56.4 Å². The molecule has 12 nitrogen and oxygen atoms in total. The fourth-order valence-corrected chi connectivity index (χ4v) is 6.78. The zero-order valence-electron chi connectivity index (χ0n) is 31.1. The lowest BCUT2D eigenvalue weighted by molar-refractivity contribution is 0.944. The number of nitrogens with one attached hydrogen (secondary N) is 2. The van der Waals surface area contributed by atoms with Crippen molar-refractivity contribution in [3.05, 3.63) is 23.3 Å². The lowest BCUT2D eigenvalue weighted by Crippen LogP contribution is -2.16. The van der Waals surface area contributed by atoms with E-state index in [1.165, 1.54) is 0 Å². The summed E-state index contributed by atoms with van der Waals surface area (Å²) in [5.41, 5.74) is 11.3.